The molecular formula is C47H67N13O14S2. The van der Waals surface area contributed by atoms with E-state index in [1.165, 1.54) is 29.2 Å². The van der Waals surface area contributed by atoms with Crippen LogP contribution in [0.5, 0.6) is 5.75 Å². The van der Waals surface area contributed by atoms with E-state index in [-0.39, 0.29) is 56.0 Å². The number of carbonyl (C=O) groups is 12. The standard InChI is InChI=1S/C45H63N13O12S2.C2H4O2/c46-16-4-8-28(39(64)51-21-37(50)62)53-44(69)34-9-5-17-58(34)45(70)33-23-72-71-22-27(47)38(63)54-30(19-25-10-12-26(59)13-11-25)42(67)55-31(18-24-6-2-1-3-7-24)41(66)52-29(14-15-35(48)60)40(65)56-32(20-36(49)61)43(68)57-33;1-2(3)4/h1-3,6-7,10-13,27-34,59H,4-5,8-9,14-23,46-47H2,(H2,48,60)(H2,49,61)(H2,50,62)(H,51,64)(H,52,66)(H,53,69)(H,54,63)(H,55,67)(H,56,65)(H,57,68);1H3,(H,3,4). The number of nitrogens with zero attached hydrogens (tertiary/aromatic N) is 1. The lowest BCUT2D eigenvalue weighted by atomic mass is 10.0. The Labute approximate surface area is 445 Å². The zero-order valence-electron chi connectivity index (χ0n) is 41.7. The summed E-state index contributed by atoms with van der Waals surface area (Å²) >= 11 is 0. The van der Waals surface area contributed by atoms with Gasteiger partial charge in [0, 0.05) is 44.2 Å². The zero-order valence-corrected chi connectivity index (χ0v) is 43.3. The highest BCUT2D eigenvalue weighted by molar-refractivity contribution is 8.76. The van der Waals surface area contributed by atoms with Gasteiger partial charge in [-0.1, -0.05) is 64.1 Å². The monoisotopic (exact) mass is 1100 g/mol. The first-order valence-electron chi connectivity index (χ1n) is 24.0. The number of benzene rings is 2. The molecule has 2 heterocycles. The van der Waals surface area contributed by atoms with Crippen molar-refractivity contribution in [3.63, 3.8) is 0 Å². The van der Waals surface area contributed by atoms with Gasteiger partial charge in [0.1, 0.15) is 48.0 Å². The summed E-state index contributed by atoms with van der Waals surface area (Å²) in [7, 11) is 2.02. The van der Waals surface area contributed by atoms with E-state index in [1.807, 2.05) is 0 Å². The fourth-order valence-electron chi connectivity index (χ4n) is 7.62. The normalized spacial score (nSPS) is 22.3. The summed E-state index contributed by atoms with van der Waals surface area (Å²) in [6.45, 7) is 0.784. The first-order valence-corrected chi connectivity index (χ1v) is 26.4. The smallest absolute Gasteiger partial charge is 0.300 e. The molecule has 8 atom stereocenters. The van der Waals surface area contributed by atoms with Crippen molar-refractivity contribution >= 4 is 92.5 Å². The number of nitrogens with two attached hydrogens (primary N) is 5. The van der Waals surface area contributed by atoms with Gasteiger partial charge in [0.2, 0.25) is 65.0 Å². The van der Waals surface area contributed by atoms with Gasteiger partial charge in [0.25, 0.3) is 5.97 Å². The summed E-state index contributed by atoms with van der Waals surface area (Å²) < 4.78 is 0. The topological polar surface area (TPSA) is 463 Å². The van der Waals surface area contributed by atoms with E-state index in [0.717, 1.165) is 28.5 Å². The van der Waals surface area contributed by atoms with Crippen molar-refractivity contribution in [2.45, 2.75) is 113 Å². The average molecular weight is 1100 g/mol. The number of amides is 11. The van der Waals surface area contributed by atoms with Gasteiger partial charge < -0.3 is 81.0 Å². The number of likely N-dealkylation sites (tertiary alicyclic amines) is 1. The van der Waals surface area contributed by atoms with Crippen LogP contribution in [0.15, 0.2) is 54.6 Å². The maximum absolute atomic E-state index is 14.5. The van der Waals surface area contributed by atoms with Crippen LogP contribution >= 0.6 is 21.6 Å². The number of hydrogen-bond acceptors (Lipinski definition) is 17. The van der Waals surface area contributed by atoms with Gasteiger partial charge in [0.15, 0.2) is 0 Å². The van der Waals surface area contributed by atoms with Gasteiger partial charge in [0.05, 0.1) is 19.0 Å². The number of carbonyl (C=O) groups excluding carboxylic acids is 11. The highest BCUT2D eigenvalue weighted by atomic mass is 33.1. The van der Waals surface area contributed by atoms with Crippen LogP contribution in [0.25, 0.3) is 0 Å². The molecule has 27 nitrogen and oxygen atoms in total. The van der Waals surface area contributed by atoms with Gasteiger partial charge in [-0.2, -0.15) is 0 Å². The van der Waals surface area contributed by atoms with Crippen LogP contribution in [-0.2, 0) is 70.4 Å². The number of nitrogens with one attached hydrogen (secondary N) is 7. The number of aromatic hydroxyl groups is 1. The van der Waals surface area contributed by atoms with Gasteiger partial charge in [-0.15, -0.1) is 0 Å². The number of hydrogen-bond donors (Lipinski definition) is 14. The predicted octanol–water partition coefficient (Wildman–Crippen LogP) is -4.63. The molecule has 2 saturated heterocycles. The molecule has 8 unspecified atom stereocenters. The zero-order chi connectivity index (χ0) is 56.5. The lowest BCUT2D eigenvalue weighted by Crippen LogP contribution is -2.61. The van der Waals surface area contributed by atoms with E-state index in [4.69, 9.17) is 38.6 Å². The van der Waals surface area contributed by atoms with Crippen molar-refractivity contribution in [3.8, 4) is 5.75 Å². The van der Waals surface area contributed by atoms with Crippen molar-refractivity contribution in [2.75, 3.05) is 31.1 Å². The van der Waals surface area contributed by atoms with Gasteiger partial charge in [-0.25, -0.2) is 0 Å². The Morgan fingerprint density at radius 3 is 1.84 bits per heavy atom. The summed E-state index contributed by atoms with van der Waals surface area (Å²) in [5.41, 5.74) is 29.2. The Hall–Kier alpha value is -7.50. The van der Waals surface area contributed by atoms with E-state index >= 15 is 0 Å². The predicted molar refractivity (Wildman–Crippen MR) is 277 cm³/mol. The Bertz CT molecular complexity index is 2380. The molecule has 0 spiro atoms. The minimum atomic E-state index is -1.78. The Balaban J connectivity index is 0.00000366. The maximum Gasteiger partial charge on any atom is 0.300 e. The lowest BCUT2D eigenvalue weighted by Gasteiger charge is -2.31. The molecule has 416 valence electrons. The van der Waals surface area contributed by atoms with Crippen LogP contribution in [0.2, 0.25) is 0 Å². The molecule has 0 bridgehead atoms. The molecule has 2 fully saturated rings. The second kappa shape index (κ2) is 32.1. The Morgan fingerprint density at radius 1 is 0.724 bits per heavy atom. The molecule has 0 saturated carbocycles. The van der Waals surface area contributed by atoms with Crippen LogP contribution in [0.1, 0.15) is 63.0 Å². The molecule has 19 N–H and O–H groups in total. The fraction of sp³-hybridized carbons (Fsp3) is 0.489. The van der Waals surface area contributed by atoms with Crippen molar-refractivity contribution in [1.29, 1.82) is 0 Å². The molecule has 0 radical (unpaired) electrons. The molecule has 11 amide bonds. The number of primary amides is 3. The van der Waals surface area contributed by atoms with E-state index in [1.54, 1.807) is 30.3 Å². The number of carboxylic acids is 1. The third-order valence-corrected chi connectivity index (χ3v) is 13.8. The van der Waals surface area contributed by atoms with E-state index in [2.05, 4.69) is 37.2 Å². The highest BCUT2D eigenvalue weighted by Gasteiger charge is 2.40. The van der Waals surface area contributed by atoms with Crippen LogP contribution in [0, 0.1) is 0 Å². The fourth-order valence-corrected chi connectivity index (χ4v) is 9.90. The quantitative estimate of drug-likeness (QED) is 0.0625. The molecule has 76 heavy (non-hydrogen) atoms. The molecule has 2 aromatic rings. The second-order valence-electron chi connectivity index (χ2n) is 17.6. The number of aliphatic carboxylic acids is 1. The number of phenolic OH excluding ortho intramolecular Hbond substituents is 1. The minimum Gasteiger partial charge on any atom is -0.508 e. The lowest BCUT2D eigenvalue weighted by molar-refractivity contribution is -0.142. The van der Waals surface area contributed by atoms with Crippen molar-refractivity contribution in [1.82, 2.24) is 42.1 Å². The first kappa shape index (κ1) is 62.8. The van der Waals surface area contributed by atoms with Gasteiger partial charge in [-0.05, 0) is 61.9 Å². The molecular weight excluding hydrogens is 1030 g/mol. The summed E-state index contributed by atoms with van der Waals surface area (Å²) in [6, 6.07) is 3.04. The molecule has 0 aromatic heterocycles. The molecule has 4 rings (SSSR count). The molecule has 2 aliphatic heterocycles. The van der Waals surface area contributed by atoms with Crippen molar-refractivity contribution in [3.05, 3.63) is 65.7 Å². The third-order valence-electron chi connectivity index (χ3n) is 11.4. The molecule has 2 aliphatic rings. The Kier molecular flexibility index (Phi) is 26.5. The maximum atomic E-state index is 14.5. The molecule has 29 heteroatoms. The van der Waals surface area contributed by atoms with Gasteiger partial charge in [-0.3, -0.25) is 57.5 Å². The number of rotatable bonds is 18. The number of carboxylic acid groups (broad SMARTS) is 1. The minimum absolute atomic E-state index is 0.0281. The van der Waals surface area contributed by atoms with Crippen LogP contribution in [0.3, 0.4) is 0 Å². The van der Waals surface area contributed by atoms with E-state index in [9.17, 15) is 57.8 Å². The summed E-state index contributed by atoms with van der Waals surface area (Å²) in [5.74, 6) is -10.9. The summed E-state index contributed by atoms with van der Waals surface area (Å²) in [6.07, 6.45) is -1.10. The van der Waals surface area contributed by atoms with Crippen LogP contribution in [0.4, 0.5) is 0 Å². The highest BCUT2D eigenvalue weighted by Crippen LogP contribution is 2.26. The number of phenols is 1. The molecule has 0 aliphatic carbocycles. The first-order chi connectivity index (χ1) is 36.0. The summed E-state index contributed by atoms with van der Waals surface area (Å²) in [4.78, 5) is 158. The second-order valence-corrected chi connectivity index (χ2v) is 20.2. The Morgan fingerprint density at radius 2 is 1.26 bits per heavy atom. The van der Waals surface area contributed by atoms with Crippen LogP contribution in [-0.4, -0.2) is 166 Å². The van der Waals surface area contributed by atoms with Crippen LogP contribution < -0.4 is 65.9 Å². The SMILES string of the molecule is CC(=O)O.NCCCC(NC(=O)C1CCCN1C(=O)C1CSSCC(N)C(=O)NC(Cc2ccc(O)cc2)C(=O)NC(Cc2ccccc2)C(=O)NC(CCC(N)=O)C(=O)NC(CC(N)=O)C(=O)N1)C(=O)NCC(N)=O. The van der Waals surface area contributed by atoms with E-state index in [0.29, 0.717) is 24.0 Å². The summed E-state index contributed by atoms with van der Waals surface area (Å²) in [5, 5.41) is 35.1. The van der Waals surface area contributed by atoms with Crippen molar-refractivity contribution in [2.24, 2.45) is 28.7 Å². The van der Waals surface area contributed by atoms with Crippen molar-refractivity contribution < 1.29 is 67.7 Å². The van der Waals surface area contributed by atoms with E-state index < -0.39 is 145 Å². The molecule has 2 aromatic carbocycles. The van der Waals surface area contributed by atoms with Gasteiger partial charge >= 0.3 is 0 Å². The third kappa shape index (κ3) is 22.1. The average Bonchev–Trinajstić information content (AvgIpc) is 3.86. The largest absolute Gasteiger partial charge is 0.508 e.